The molecule has 1 aromatic carbocycles. The lowest BCUT2D eigenvalue weighted by Crippen LogP contribution is -2.00. The third-order valence-corrected chi connectivity index (χ3v) is 2.38. The first kappa shape index (κ1) is 12.3. The standard InChI is InChI=1S/C13H16O3/c1-4-6-9-7-10(16-3)8-11(13(9)15)12(14)5-2/h4,7-8,15H,1,5-6H2,2-3H3. The monoisotopic (exact) mass is 220 g/mol. The molecule has 0 heterocycles. The Kier molecular flexibility index (Phi) is 4.11. The second-order valence-electron chi connectivity index (χ2n) is 3.45. The molecule has 0 spiro atoms. The van der Waals surface area contributed by atoms with Crippen LogP contribution in [0.25, 0.3) is 0 Å². The van der Waals surface area contributed by atoms with Gasteiger partial charge < -0.3 is 9.84 Å². The second kappa shape index (κ2) is 5.35. The van der Waals surface area contributed by atoms with Crippen LogP contribution in [-0.2, 0) is 6.42 Å². The highest BCUT2D eigenvalue weighted by Gasteiger charge is 2.14. The maximum atomic E-state index is 11.6. The van der Waals surface area contributed by atoms with Gasteiger partial charge in [-0.2, -0.15) is 0 Å². The van der Waals surface area contributed by atoms with Crippen LogP contribution < -0.4 is 4.74 Å². The third-order valence-electron chi connectivity index (χ3n) is 2.38. The molecular weight excluding hydrogens is 204 g/mol. The molecule has 0 fully saturated rings. The third kappa shape index (κ3) is 2.42. The topological polar surface area (TPSA) is 46.5 Å². The minimum absolute atomic E-state index is 0.0348. The summed E-state index contributed by atoms with van der Waals surface area (Å²) in [6.45, 7) is 5.37. The number of carbonyl (C=O) groups excluding carboxylic acids is 1. The van der Waals surface area contributed by atoms with Crippen LogP contribution in [0.2, 0.25) is 0 Å². The summed E-state index contributed by atoms with van der Waals surface area (Å²) in [5, 5.41) is 9.92. The van der Waals surface area contributed by atoms with Crippen molar-refractivity contribution in [2.24, 2.45) is 0 Å². The number of hydrogen-bond acceptors (Lipinski definition) is 3. The van der Waals surface area contributed by atoms with Crippen molar-refractivity contribution < 1.29 is 14.6 Å². The molecule has 1 N–H and O–H groups in total. The average molecular weight is 220 g/mol. The minimum atomic E-state index is -0.0956. The molecule has 0 aliphatic carbocycles. The lowest BCUT2D eigenvalue weighted by Gasteiger charge is -2.10. The predicted octanol–water partition coefficient (Wildman–Crippen LogP) is 2.72. The van der Waals surface area contributed by atoms with Crippen LogP contribution in [0.4, 0.5) is 0 Å². The van der Waals surface area contributed by atoms with E-state index in [2.05, 4.69) is 6.58 Å². The molecule has 0 amide bonds. The molecule has 0 unspecified atom stereocenters. The molecule has 0 bridgehead atoms. The maximum absolute atomic E-state index is 11.6. The van der Waals surface area contributed by atoms with Crippen LogP contribution in [0.3, 0.4) is 0 Å². The lowest BCUT2D eigenvalue weighted by atomic mass is 10.0. The number of allylic oxidation sites excluding steroid dienone is 1. The summed E-state index contributed by atoms with van der Waals surface area (Å²) in [4.78, 5) is 11.6. The van der Waals surface area contributed by atoms with E-state index in [1.807, 2.05) is 0 Å². The highest BCUT2D eigenvalue weighted by Crippen LogP contribution is 2.29. The highest BCUT2D eigenvalue weighted by molar-refractivity contribution is 5.99. The van der Waals surface area contributed by atoms with E-state index in [-0.39, 0.29) is 11.5 Å². The molecule has 0 aromatic heterocycles. The smallest absolute Gasteiger partial charge is 0.166 e. The molecule has 0 aliphatic rings. The molecule has 3 nitrogen and oxygen atoms in total. The van der Waals surface area contributed by atoms with E-state index in [9.17, 15) is 9.90 Å². The lowest BCUT2D eigenvalue weighted by molar-refractivity contribution is 0.0985. The molecule has 86 valence electrons. The van der Waals surface area contributed by atoms with E-state index in [1.165, 1.54) is 7.11 Å². The van der Waals surface area contributed by atoms with E-state index in [0.717, 1.165) is 0 Å². The zero-order valence-electron chi connectivity index (χ0n) is 9.62. The zero-order valence-corrected chi connectivity index (χ0v) is 9.62. The maximum Gasteiger partial charge on any atom is 0.166 e. The number of hydrogen-bond donors (Lipinski definition) is 1. The normalized spacial score (nSPS) is 9.88. The van der Waals surface area contributed by atoms with Crippen molar-refractivity contribution in [3.8, 4) is 11.5 Å². The first-order valence-electron chi connectivity index (χ1n) is 5.18. The van der Waals surface area contributed by atoms with Crippen LogP contribution in [0.5, 0.6) is 11.5 Å². The number of ketones is 1. The fourth-order valence-electron chi connectivity index (χ4n) is 1.50. The summed E-state index contributed by atoms with van der Waals surface area (Å²) in [5.41, 5.74) is 0.977. The van der Waals surface area contributed by atoms with E-state index in [1.54, 1.807) is 25.1 Å². The number of phenolic OH excluding ortho intramolecular Hbond substituents is 1. The fourth-order valence-corrected chi connectivity index (χ4v) is 1.50. The van der Waals surface area contributed by atoms with Gasteiger partial charge in [0.05, 0.1) is 12.7 Å². The van der Waals surface area contributed by atoms with Crippen molar-refractivity contribution in [2.45, 2.75) is 19.8 Å². The molecule has 3 heteroatoms. The Bertz CT molecular complexity index is 408. The van der Waals surface area contributed by atoms with Crippen molar-refractivity contribution in [2.75, 3.05) is 7.11 Å². The largest absolute Gasteiger partial charge is 0.507 e. The van der Waals surface area contributed by atoms with Crippen LogP contribution in [0, 0.1) is 0 Å². The van der Waals surface area contributed by atoms with Gasteiger partial charge in [-0.05, 0) is 18.6 Å². The van der Waals surface area contributed by atoms with E-state index < -0.39 is 0 Å². The summed E-state index contributed by atoms with van der Waals surface area (Å²) < 4.78 is 5.09. The Labute approximate surface area is 95.4 Å². The molecule has 1 aromatic rings. The molecule has 0 saturated heterocycles. The Balaban J connectivity index is 3.30. The number of Topliss-reactive ketones (excluding diaryl/α,β-unsaturated/α-hetero) is 1. The number of ether oxygens (including phenoxy) is 1. The predicted molar refractivity (Wildman–Crippen MR) is 63.2 cm³/mol. The van der Waals surface area contributed by atoms with Crippen LogP contribution in [0.15, 0.2) is 24.8 Å². The molecule has 16 heavy (non-hydrogen) atoms. The fraction of sp³-hybridized carbons (Fsp3) is 0.308. The Morgan fingerprint density at radius 1 is 1.56 bits per heavy atom. The Morgan fingerprint density at radius 2 is 2.25 bits per heavy atom. The highest BCUT2D eigenvalue weighted by atomic mass is 16.5. The molecule has 0 atom stereocenters. The molecule has 0 radical (unpaired) electrons. The summed E-state index contributed by atoms with van der Waals surface area (Å²) in [6.07, 6.45) is 2.54. The van der Waals surface area contributed by atoms with Crippen LogP contribution >= 0.6 is 0 Å². The van der Waals surface area contributed by atoms with Crippen LogP contribution in [-0.4, -0.2) is 18.0 Å². The number of phenols is 1. The van der Waals surface area contributed by atoms with Gasteiger partial charge in [-0.15, -0.1) is 6.58 Å². The SMILES string of the molecule is C=CCc1cc(OC)cc(C(=O)CC)c1O. The summed E-state index contributed by atoms with van der Waals surface area (Å²) in [6, 6.07) is 3.28. The number of carbonyl (C=O) groups is 1. The van der Waals surface area contributed by atoms with Gasteiger partial charge in [-0.3, -0.25) is 4.79 Å². The number of aromatic hydroxyl groups is 1. The van der Waals surface area contributed by atoms with Crippen molar-refractivity contribution in [3.63, 3.8) is 0 Å². The van der Waals surface area contributed by atoms with Crippen molar-refractivity contribution >= 4 is 5.78 Å². The Hall–Kier alpha value is -1.77. The van der Waals surface area contributed by atoms with Crippen molar-refractivity contribution in [3.05, 3.63) is 35.9 Å². The average Bonchev–Trinajstić information content (AvgIpc) is 2.31. The number of methoxy groups -OCH3 is 1. The molecule has 1 rings (SSSR count). The summed E-state index contributed by atoms with van der Waals surface area (Å²) in [7, 11) is 1.53. The van der Waals surface area contributed by atoms with Gasteiger partial charge in [-0.25, -0.2) is 0 Å². The van der Waals surface area contributed by atoms with Crippen LogP contribution in [0.1, 0.15) is 29.3 Å². The van der Waals surface area contributed by atoms with Gasteiger partial charge in [0.2, 0.25) is 0 Å². The van der Waals surface area contributed by atoms with Crippen molar-refractivity contribution in [1.29, 1.82) is 0 Å². The summed E-state index contributed by atoms with van der Waals surface area (Å²) in [5.74, 6) is 0.515. The van der Waals surface area contributed by atoms with Gasteiger partial charge in [0.1, 0.15) is 11.5 Å². The molecular formula is C13H16O3. The Morgan fingerprint density at radius 3 is 2.75 bits per heavy atom. The molecule has 0 aliphatic heterocycles. The van der Waals surface area contributed by atoms with E-state index in [4.69, 9.17) is 4.74 Å². The van der Waals surface area contributed by atoms with Gasteiger partial charge in [0.25, 0.3) is 0 Å². The van der Waals surface area contributed by atoms with Gasteiger partial charge >= 0.3 is 0 Å². The summed E-state index contributed by atoms with van der Waals surface area (Å²) >= 11 is 0. The zero-order chi connectivity index (χ0) is 12.1. The first-order chi connectivity index (χ1) is 7.63. The molecule has 0 saturated carbocycles. The van der Waals surface area contributed by atoms with E-state index in [0.29, 0.717) is 29.7 Å². The number of rotatable bonds is 5. The van der Waals surface area contributed by atoms with Gasteiger partial charge in [-0.1, -0.05) is 13.0 Å². The van der Waals surface area contributed by atoms with Gasteiger partial charge in [0.15, 0.2) is 5.78 Å². The van der Waals surface area contributed by atoms with Crippen molar-refractivity contribution in [1.82, 2.24) is 0 Å². The van der Waals surface area contributed by atoms with E-state index >= 15 is 0 Å². The quantitative estimate of drug-likeness (QED) is 0.613. The second-order valence-corrected chi connectivity index (χ2v) is 3.45. The van der Waals surface area contributed by atoms with Gasteiger partial charge in [0, 0.05) is 12.0 Å². The first-order valence-corrected chi connectivity index (χ1v) is 5.18. The number of benzene rings is 1. The minimum Gasteiger partial charge on any atom is -0.507 e.